The Morgan fingerprint density at radius 1 is 1.35 bits per heavy atom. The highest BCUT2D eigenvalue weighted by molar-refractivity contribution is 7.89. The van der Waals surface area contributed by atoms with Gasteiger partial charge in [0.1, 0.15) is 4.90 Å². The number of nitrogens with one attached hydrogen (secondary N) is 1. The summed E-state index contributed by atoms with van der Waals surface area (Å²) in [4.78, 5) is 2.59. The molecule has 1 unspecified atom stereocenters. The molecule has 0 radical (unpaired) electrons. The van der Waals surface area contributed by atoms with E-state index in [0.29, 0.717) is 10.9 Å². The van der Waals surface area contributed by atoms with Gasteiger partial charge in [-0.15, -0.1) is 0 Å². The van der Waals surface area contributed by atoms with Crippen molar-refractivity contribution in [1.29, 1.82) is 0 Å². The molecule has 1 fully saturated rings. The third-order valence-corrected chi connectivity index (χ3v) is 5.65. The van der Waals surface area contributed by atoms with Crippen LogP contribution in [-0.4, -0.2) is 52.5 Å². The van der Waals surface area contributed by atoms with Gasteiger partial charge in [-0.3, -0.25) is 0 Å². The van der Waals surface area contributed by atoms with Gasteiger partial charge in [0.05, 0.1) is 5.69 Å². The SMILES string of the molecule is Cc1cccc(N2CCNC(C)C2)c1S(=O)(=O)N(C)C. The largest absolute Gasteiger partial charge is 0.368 e. The van der Waals surface area contributed by atoms with Crippen LogP contribution in [0.4, 0.5) is 5.69 Å². The van der Waals surface area contributed by atoms with Gasteiger partial charge in [-0.25, -0.2) is 12.7 Å². The molecule has 1 N–H and O–H groups in total. The first-order valence-corrected chi connectivity index (χ1v) is 8.28. The van der Waals surface area contributed by atoms with Crippen LogP contribution in [0.5, 0.6) is 0 Å². The van der Waals surface area contributed by atoms with Crippen molar-refractivity contribution in [2.24, 2.45) is 0 Å². The average Bonchev–Trinajstić information content (AvgIpc) is 2.37. The molecule has 0 aliphatic carbocycles. The Balaban J connectivity index is 2.52. The summed E-state index contributed by atoms with van der Waals surface area (Å²) in [6.07, 6.45) is 0. The number of benzene rings is 1. The quantitative estimate of drug-likeness (QED) is 0.906. The molecule has 1 aromatic carbocycles. The van der Waals surface area contributed by atoms with Gasteiger partial charge in [-0.05, 0) is 25.5 Å². The zero-order chi connectivity index (χ0) is 14.9. The molecule has 20 heavy (non-hydrogen) atoms. The molecule has 0 spiro atoms. The van der Waals surface area contributed by atoms with Crippen LogP contribution in [0, 0.1) is 6.92 Å². The minimum atomic E-state index is -3.43. The molecule has 1 aliphatic rings. The number of sulfonamides is 1. The number of aryl methyl sites for hydroxylation is 1. The summed E-state index contributed by atoms with van der Waals surface area (Å²) in [5, 5.41) is 3.38. The Hall–Kier alpha value is -1.11. The number of hydrogen-bond donors (Lipinski definition) is 1. The van der Waals surface area contributed by atoms with Crippen LogP contribution in [0.1, 0.15) is 12.5 Å². The lowest BCUT2D eigenvalue weighted by atomic mass is 10.1. The lowest BCUT2D eigenvalue weighted by molar-refractivity contribution is 0.481. The van der Waals surface area contributed by atoms with Gasteiger partial charge >= 0.3 is 0 Å². The molecule has 1 saturated heterocycles. The summed E-state index contributed by atoms with van der Waals surface area (Å²) < 4.78 is 26.4. The van der Waals surface area contributed by atoms with E-state index in [1.54, 1.807) is 14.1 Å². The van der Waals surface area contributed by atoms with Crippen molar-refractivity contribution in [2.45, 2.75) is 24.8 Å². The first-order valence-electron chi connectivity index (χ1n) is 6.84. The molecular weight excluding hydrogens is 274 g/mol. The fourth-order valence-electron chi connectivity index (χ4n) is 2.56. The fraction of sp³-hybridized carbons (Fsp3) is 0.571. The lowest BCUT2D eigenvalue weighted by Crippen LogP contribution is -2.49. The monoisotopic (exact) mass is 297 g/mol. The number of piperazine rings is 1. The van der Waals surface area contributed by atoms with Crippen LogP contribution in [-0.2, 0) is 10.0 Å². The number of rotatable bonds is 3. The molecule has 1 aliphatic heterocycles. The van der Waals surface area contributed by atoms with Gasteiger partial charge in [-0.2, -0.15) is 0 Å². The number of anilines is 1. The molecule has 5 nitrogen and oxygen atoms in total. The molecule has 112 valence electrons. The normalized spacial score (nSPS) is 20.4. The smallest absolute Gasteiger partial charge is 0.244 e. The van der Waals surface area contributed by atoms with E-state index in [1.165, 1.54) is 4.31 Å². The van der Waals surface area contributed by atoms with Crippen molar-refractivity contribution < 1.29 is 8.42 Å². The molecule has 0 amide bonds. The first-order chi connectivity index (χ1) is 9.34. The van der Waals surface area contributed by atoms with Gasteiger partial charge in [-0.1, -0.05) is 12.1 Å². The van der Waals surface area contributed by atoms with Gasteiger partial charge in [0.15, 0.2) is 0 Å². The molecule has 1 atom stereocenters. The Labute approximate surface area is 121 Å². The maximum atomic E-state index is 12.6. The second-order valence-electron chi connectivity index (χ2n) is 5.51. The average molecular weight is 297 g/mol. The molecule has 2 rings (SSSR count). The zero-order valence-corrected chi connectivity index (χ0v) is 13.4. The molecule has 1 heterocycles. The summed E-state index contributed by atoms with van der Waals surface area (Å²) in [6, 6.07) is 6.04. The number of hydrogen-bond acceptors (Lipinski definition) is 4. The van der Waals surface area contributed by atoms with E-state index in [2.05, 4.69) is 17.1 Å². The Morgan fingerprint density at radius 3 is 2.65 bits per heavy atom. The van der Waals surface area contributed by atoms with Gasteiger partial charge in [0.25, 0.3) is 0 Å². The van der Waals surface area contributed by atoms with E-state index in [9.17, 15) is 8.42 Å². The fourth-order valence-corrected chi connectivity index (χ4v) is 3.86. The van der Waals surface area contributed by atoms with Crippen molar-refractivity contribution in [3.63, 3.8) is 0 Å². The van der Waals surface area contributed by atoms with Gasteiger partial charge in [0.2, 0.25) is 10.0 Å². The van der Waals surface area contributed by atoms with E-state index in [4.69, 9.17) is 0 Å². The second-order valence-corrected chi connectivity index (χ2v) is 7.60. The standard InChI is InChI=1S/C14H23N3O2S/c1-11-6-5-7-13(14(11)20(18,19)16(3)4)17-9-8-15-12(2)10-17/h5-7,12,15H,8-10H2,1-4H3. The summed E-state index contributed by atoms with van der Waals surface area (Å²) in [6.45, 7) is 6.48. The van der Waals surface area contributed by atoms with E-state index < -0.39 is 10.0 Å². The van der Waals surface area contributed by atoms with Crippen LogP contribution in [0.25, 0.3) is 0 Å². The molecule has 0 aromatic heterocycles. The molecule has 6 heteroatoms. The predicted octanol–water partition coefficient (Wildman–Crippen LogP) is 1.04. The highest BCUT2D eigenvalue weighted by Gasteiger charge is 2.27. The van der Waals surface area contributed by atoms with E-state index in [1.807, 2.05) is 25.1 Å². The van der Waals surface area contributed by atoms with Crippen molar-refractivity contribution in [1.82, 2.24) is 9.62 Å². The summed E-state index contributed by atoms with van der Waals surface area (Å²) in [7, 11) is -0.283. The van der Waals surface area contributed by atoms with Crippen LogP contribution in [0.15, 0.2) is 23.1 Å². The van der Waals surface area contributed by atoms with Crippen LogP contribution in [0.3, 0.4) is 0 Å². The van der Waals surface area contributed by atoms with E-state index >= 15 is 0 Å². The van der Waals surface area contributed by atoms with E-state index in [-0.39, 0.29) is 0 Å². The topological polar surface area (TPSA) is 52.7 Å². The summed E-state index contributed by atoms with van der Waals surface area (Å²) in [5.41, 5.74) is 1.61. The maximum absolute atomic E-state index is 12.6. The minimum absolute atomic E-state index is 0.360. The highest BCUT2D eigenvalue weighted by Crippen LogP contribution is 2.30. The highest BCUT2D eigenvalue weighted by atomic mass is 32.2. The molecule has 1 aromatic rings. The zero-order valence-electron chi connectivity index (χ0n) is 12.5. The van der Waals surface area contributed by atoms with Gasteiger partial charge in [0, 0.05) is 39.8 Å². The predicted molar refractivity (Wildman–Crippen MR) is 81.7 cm³/mol. The Morgan fingerprint density at radius 2 is 2.05 bits per heavy atom. The molecule has 0 bridgehead atoms. The van der Waals surface area contributed by atoms with Crippen molar-refractivity contribution in [3.05, 3.63) is 23.8 Å². The van der Waals surface area contributed by atoms with E-state index in [0.717, 1.165) is 30.9 Å². The van der Waals surface area contributed by atoms with Gasteiger partial charge < -0.3 is 10.2 Å². The Kier molecular flexibility index (Phi) is 4.36. The molecule has 0 saturated carbocycles. The van der Waals surface area contributed by atoms with Crippen LogP contribution in [0.2, 0.25) is 0 Å². The number of nitrogens with zero attached hydrogens (tertiary/aromatic N) is 2. The van der Waals surface area contributed by atoms with Crippen LogP contribution >= 0.6 is 0 Å². The lowest BCUT2D eigenvalue weighted by Gasteiger charge is -2.35. The minimum Gasteiger partial charge on any atom is -0.368 e. The summed E-state index contributed by atoms with van der Waals surface area (Å²) in [5.74, 6) is 0. The van der Waals surface area contributed by atoms with Crippen molar-refractivity contribution in [3.8, 4) is 0 Å². The third kappa shape index (κ3) is 2.82. The third-order valence-electron chi connectivity index (χ3n) is 3.64. The first kappa shape index (κ1) is 15.3. The van der Waals surface area contributed by atoms with Crippen molar-refractivity contribution in [2.75, 3.05) is 38.6 Å². The summed E-state index contributed by atoms with van der Waals surface area (Å²) >= 11 is 0. The second kappa shape index (κ2) is 5.71. The maximum Gasteiger partial charge on any atom is 0.244 e. The van der Waals surface area contributed by atoms with Crippen LogP contribution < -0.4 is 10.2 Å². The Bertz CT molecular complexity index is 584. The van der Waals surface area contributed by atoms with Crippen molar-refractivity contribution >= 4 is 15.7 Å². The molecular formula is C14H23N3O2S.